The highest BCUT2D eigenvalue weighted by molar-refractivity contribution is 5.99. The largest absolute Gasteiger partial charge is 0.494 e. The van der Waals surface area contributed by atoms with Crippen molar-refractivity contribution in [3.8, 4) is 5.75 Å². The highest BCUT2D eigenvalue weighted by Gasteiger charge is 2.07. The molecular formula is C16H23NO3. The zero-order valence-electron chi connectivity index (χ0n) is 12.6. The normalized spacial score (nSPS) is 11.7. The molecule has 0 unspecified atom stereocenters. The molecule has 1 aromatic rings. The zero-order valence-corrected chi connectivity index (χ0v) is 12.6. The molecular weight excluding hydrogens is 254 g/mol. The molecule has 1 rings (SSSR count). The van der Waals surface area contributed by atoms with Crippen molar-refractivity contribution >= 4 is 11.6 Å². The second kappa shape index (κ2) is 7.10. The molecule has 0 radical (unpaired) electrons. The molecule has 0 aliphatic rings. The average Bonchev–Trinajstić information content (AvgIpc) is 2.37. The molecule has 1 amide bonds. The van der Waals surface area contributed by atoms with E-state index in [1.165, 1.54) is 6.08 Å². The van der Waals surface area contributed by atoms with Crippen molar-refractivity contribution in [2.45, 2.75) is 34.3 Å². The van der Waals surface area contributed by atoms with Gasteiger partial charge in [0.1, 0.15) is 5.75 Å². The second-order valence-electron chi connectivity index (χ2n) is 5.60. The van der Waals surface area contributed by atoms with Crippen molar-refractivity contribution in [2.24, 2.45) is 5.41 Å². The first-order valence-electron chi connectivity index (χ1n) is 6.72. The van der Waals surface area contributed by atoms with Crippen LogP contribution in [0.3, 0.4) is 0 Å². The monoisotopic (exact) mass is 277 g/mol. The molecule has 0 aliphatic heterocycles. The summed E-state index contributed by atoms with van der Waals surface area (Å²) in [5.41, 5.74) is 1.26. The summed E-state index contributed by atoms with van der Waals surface area (Å²) in [6, 6.07) is 5.22. The van der Waals surface area contributed by atoms with Crippen LogP contribution in [0.15, 0.2) is 30.4 Å². The van der Waals surface area contributed by atoms with Crippen LogP contribution < -0.4 is 10.1 Å². The van der Waals surface area contributed by atoms with Crippen molar-refractivity contribution in [3.05, 3.63) is 35.9 Å². The molecule has 2 N–H and O–H groups in total. The number of carbonyl (C=O) groups is 1. The van der Waals surface area contributed by atoms with Crippen molar-refractivity contribution < 1.29 is 14.6 Å². The molecule has 0 heterocycles. The minimum absolute atomic E-state index is 0.0353. The minimum atomic E-state index is -0.187. The van der Waals surface area contributed by atoms with E-state index in [0.717, 1.165) is 0 Å². The van der Waals surface area contributed by atoms with Gasteiger partial charge >= 0.3 is 0 Å². The smallest absolute Gasteiger partial charge is 0.248 e. The van der Waals surface area contributed by atoms with E-state index in [1.54, 1.807) is 18.2 Å². The predicted molar refractivity (Wildman–Crippen MR) is 80.8 cm³/mol. The maximum absolute atomic E-state index is 11.8. The average molecular weight is 277 g/mol. The van der Waals surface area contributed by atoms with Crippen molar-refractivity contribution in [1.29, 1.82) is 0 Å². The molecule has 0 spiro atoms. The Kier molecular flexibility index (Phi) is 5.77. The quantitative estimate of drug-likeness (QED) is 0.813. The third kappa shape index (κ3) is 5.45. The lowest BCUT2D eigenvalue weighted by Gasteiger charge is -2.12. The molecule has 0 saturated heterocycles. The molecule has 0 saturated carbocycles. The standard InChI is InChI=1S/C16H23NO3/c1-5-20-14-7-6-13(10-12(14)11-18)17-15(19)8-9-16(2,3)4/h6-10,18H,5,11H2,1-4H3,(H,17,19)/b9-8+. The van der Waals surface area contributed by atoms with Crippen LogP contribution in [0, 0.1) is 5.41 Å². The van der Waals surface area contributed by atoms with E-state index in [4.69, 9.17) is 4.74 Å². The Hall–Kier alpha value is -1.81. The van der Waals surface area contributed by atoms with Crippen molar-refractivity contribution in [1.82, 2.24) is 0 Å². The van der Waals surface area contributed by atoms with Crippen LogP contribution in [-0.4, -0.2) is 17.6 Å². The summed E-state index contributed by atoms with van der Waals surface area (Å²) in [7, 11) is 0. The number of benzene rings is 1. The molecule has 20 heavy (non-hydrogen) atoms. The Bertz CT molecular complexity index is 487. The number of rotatable bonds is 5. The Balaban J connectivity index is 2.78. The molecule has 0 bridgehead atoms. The van der Waals surface area contributed by atoms with Gasteiger partial charge in [-0.05, 0) is 36.6 Å². The lowest BCUT2D eigenvalue weighted by molar-refractivity contribution is -0.112. The van der Waals surface area contributed by atoms with Gasteiger partial charge in [0.2, 0.25) is 5.91 Å². The molecule has 110 valence electrons. The van der Waals surface area contributed by atoms with Crippen LogP contribution in [0.1, 0.15) is 33.3 Å². The summed E-state index contributed by atoms with van der Waals surface area (Å²) in [6.45, 7) is 8.37. The van der Waals surface area contributed by atoms with Gasteiger partial charge in [-0.2, -0.15) is 0 Å². The number of aliphatic hydroxyl groups excluding tert-OH is 1. The maximum atomic E-state index is 11.8. The Labute approximate surface area is 120 Å². The maximum Gasteiger partial charge on any atom is 0.248 e. The number of amides is 1. The summed E-state index contributed by atoms with van der Waals surface area (Å²) in [6.07, 6.45) is 3.37. The van der Waals surface area contributed by atoms with E-state index >= 15 is 0 Å². The van der Waals surface area contributed by atoms with E-state index in [-0.39, 0.29) is 17.9 Å². The number of anilines is 1. The predicted octanol–water partition coefficient (Wildman–Crippen LogP) is 3.12. The summed E-state index contributed by atoms with van der Waals surface area (Å²) >= 11 is 0. The summed E-state index contributed by atoms with van der Waals surface area (Å²) in [4.78, 5) is 11.8. The summed E-state index contributed by atoms with van der Waals surface area (Å²) in [5, 5.41) is 12.1. The van der Waals surface area contributed by atoms with E-state index in [0.29, 0.717) is 23.6 Å². The van der Waals surface area contributed by atoms with Gasteiger partial charge in [-0.3, -0.25) is 4.79 Å². The topological polar surface area (TPSA) is 58.6 Å². The Morgan fingerprint density at radius 1 is 1.40 bits per heavy atom. The first-order chi connectivity index (χ1) is 9.35. The van der Waals surface area contributed by atoms with Crippen LogP contribution in [0.4, 0.5) is 5.69 Å². The van der Waals surface area contributed by atoms with Crippen LogP contribution in [0.2, 0.25) is 0 Å². The summed E-state index contributed by atoms with van der Waals surface area (Å²) in [5.74, 6) is 0.450. The van der Waals surface area contributed by atoms with Gasteiger partial charge < -0.3 is 15.2 Å². The number of hydrogen-bond donors (Lipinski definition) is 2. The number of hydrogen-bond acceptors (Lipinski definition) is 3. The minimum Gasteiger partial charge on any atom is -0.494 e. The van der Waals surface area contributed by atoms with Gasteiger partial charge in [0.15, 0.2) is 0 Å². The zero-order chi connectivity index (χ0) is 15.2. The molecule has 4 heteroatoms. The Morgan fingerprint density at radius 2 is 2.10 bits per heavy atom. The number of carbonyl (C=O) groups excluding carboxylic acids is 1. The van der Waals surface area contributed by atoms with Gasteiger partial charge in [0.25, 0.3) is 0 Å². The molecule has 4 nitrogen and oxygen atoms in total. The van der Waals surface area contributed by atoms with Gasteiger partial charge in [0.05, 0.1) is 13.2 Å². The first-order valence-corrected chi connectivity index (χ1v) is 6.72. The molecule has 0 aromatic heterocycles. The fraction of sp³-hybridized carbons (Fsp3) is 0.438. The van der Waals surface area contributed by atoms with E-state index in [1.807, 2.05) is 33.8 Å². The van der Waals surface area contributed by atoms with Gasteiger partial charge in [-0.15, -0.1) is 0 Å². The third-order valence-corrected chi connectivity index (χ3v) is 2.53. The number of nitrogens with one attached hydrogen (secondary N) is 1. The Morgan fingerprint density at radius 3 is 2.65 bits per heavy atom. The van der Waals surface area contributed by atoms with Crippen molar-refractivity contribution in [3.63, 3.8) is 0 Å². The lowest BCUT2D eigenvalue weighted by atomic mass is 9.96. The second-order valence-corrected chi connectivity index (χ2v) is 5.60. The van der Waals surface area contributed by atoms with Crippen LogP contribution in [0.25, 0.3) is 0 Å². The van der Waals surface area contributed by atoms with E-state index < -0.39 is 0 Å². The molecule has 0 aliphatic carbocycles. The highest BCUT2D eigenvalue weighted by atomic mass is 16.5. The number of ether oxygens (including phenoxy) is 1. The van der Waals surface area contributed by atoms with Crippen molar-refractivity contribution in [2.75, 3.05) is 11.9 Å². The fourth-order valence-electron chi connectivity index (χ4n) is 1.59. The van der Waals surface area contributed by atoms with E-state index in [9.17, 15) is 9.90 Å². The van der Waals surface area contributed by atoms with E-state index in [2.05, 4.69) is 5.32 Å². The van der Waals surface area contributed by atoms with Crippen LogP contribution >= 0.6 is 0 Å². The van der Waals surface area contributed by atoms with Crippen LogP contribution in [-0.2, 0) is 11.4 Å². The van der Waals surface area contributed by atoms with Gasteiger partial charge in [-0.25, -0.2) is 0 Å². The van der Waals surface area contributed by atoms with Gasteiger partial charge in [-0.1, -0.05) is 26.8 Å². The fourth-order valence-corrected chi connectivity index (χ4v) is 1.59. The number of aliphatic hydroxyl groups is 1. The molecule has 0 fully saturated rings. The molecule has 1 aromatic carbocycles. The highest BCUT2D eigenvalue weighted by Crippen LogP contribution is 2.23. The lowest BCUT2D eigenvalue weighted by Crippen LogP contribution is -2.10. The number of allylic oxidation sites excluding steroid dienone is 1. The van der Waals surface area contributed by atoms with Crippen LogP contribution in [0.5, 0.6) is 5.75 Å². The first kappa shape index (κ1) is 16.2. The SMILES string of the molecule is CCOc1ccc(NC(=O)/C=C/C(C)(C)C)cc1CO. The summed E-state index contributed by atoms with van der Waals surface area (Å²) < 4.78 is 5.39. The third-order valence-electron chi connectivity index (χ3n) is 2.53. The van der Waals surface area contributed by atoms with Gasteiger partial charge in [0, 0.05) is 11.3 Å². The molecule has 0 atom stereocenters.